The van der Waals surface area contributed by atoms with E-state index >= 15 is 0 Å². The van der Waals surface area contributed by atoms with Crippen LogP contribution in [0.5, 0.6) is 0 Å². The highest BCUT2D eigenvalue weighted by molar-refractivity contribution is 6.42. The van der Waals surface area contributed by atoms with Crippen molar-refractivity contribution in [2.75, 3.05) is 7.11 Å². The first-order chi connectivity index (χ1) is 9.52. The molecule has 3 unspecified atom stereocenters. The number of nitrogens with two attached hydrogens (primary N) is 1. The number of hydrazine groups is 1. The van der Waals surface area contributed by atoms with Crippen molar-refractivity contribution in [2.45, 2.75) is 44.2 Å². The van der Waals surface area contributed by atoms with Crippen LogP contribution in [0.1, 0.15) is 44.2 Å². The fourth-order valence-corrected chi connectivity index (χ4v) is 3.66. The van der Waals surface area contributed by atoms with E-state index in [0.29, 0.717) is 16.0 Å². The Kier molecular flexibility index (Phi) is 5.32. The minimum atomic E-state index is -0.288. The van der Waals surface area contributed by atoms with Gasteiger partial charge in [0.1, 0.15) is 0 Å². The van der Waals surface area contributed by atoms with Gasteiger partial charge in [0.2, 0.25) is 0 Å². The van der Waals surface area contributed by atoms with Crippen LogP contribution in [-0.4, -0.2) is 12.7 Å². The second-order valence-electron chi connectivity index (χ2n) is 5.74. The van der Waals surface area contributed by atoms with Crippen molar-refractivity contribution in [2.24, 2.45) is 11.8 Å². The van der Waals surface area contributed by atoms with Crippen molar-refractivity contribution >= 4 is 23.2 Å². The van der Waals surface area contributed by atoms with Crippen molar-refractivity contribution in [1.29, 1.82) is 0 Å². The first-order valence-electron chi connectivity index (χ1n) is 6.98. The van der Waals surface area contributed by atoms with Gasteiger partial charge >= 0.3 is 0 Å². The summed E-state index contributed by atoms with van der Waals surface area (Å²) in [4.78, 5) is 0. The monoisotopic (exact) mass is 316 g/mol. The molecule has 3 N–H and O–H groups in total. The van der Waals surface area contributed by atoms with E-state index in [-0.39, 0.29) is 11.6 Å². The lowest BCUT2D eigenvalue weighted by molar-refractivity contribution is -0.0806. The van der Waals surface area contributed by atoms with Crippen LogP contribution in [0.25, 0.3) is 0 Å². The Bertz CT molecular complexity index is 469. The number of hydrogen-bond donors (Lipinski definition) is 2. The topological polar surface area (TPSA) is 47.3 Å². The van der Waals surface area contributed by atoms with Gasteiger partial charge in [-0.05, 0) is 36.5 Å². The zero-order chi connectivity index (χ0) is 14.8. The third kappa shape index (κ3) is 3.12. The normalized spacial score (nSPS) is 28.4. The standard InChI is InChI=1S/C15H22Cl2N2O/c1-10-4-3-7-15(9-10,20-2)14(19-18)11-5-6-12(16)13(17)8-11/h5-6,8,10,14,19H,3-4,7,9,18H2,1-2H3. The van der Waals surface area contributed by atoms with Crippen LogP contribution in [-0.2, 0) is 4.74 Å². The lowest BCUT2D eigenvalue weighted by Gasteiger charge is -2.44. The number of methoxy groups -OCH3 is 1. The van der Waals surface area contributed by atoms with Crippen molar-refractivity contribution in [3.8, 4) is 0 Å². The zero-order valence-electron chi connectivity index (χ0n) is 12.0. The quantitative estimate of drug-likeness (QED) is 0.649. The van der Waals surface area contributed by atoms with Gasteiger partial charge in [-0.2, -0.15) is 0 Å². The second-order valence-corrected chi connectivity index (χ2v) is 6.56. The smallest absolute Gasteiger partial charge is 0.0888 e. The molecule has 0 saturated heterocycles. The van der Waals surface area contributed by atoms with Gasteiger partial charge < -0.3 is 4.74 Å². The largest absolute Gasteiger partial charge is 0.376 e. The van der Waals surface area contributed by atoms with Gasteiger partial charge in [-0.15, -0.1) is 0 Å². The van der Waals surface area contributed by atoms with Crippen molar-refractivity contribution < 1.29 is 4.74 Å². The van der Waals surface area contributed by atoms with E-state index in [9.17, 15) is 0 Å². The van der Waals surface area contributed by atoms with E-state index < -0.39 is 0 Å². The second kappa shape index (κ2) is 6.63. The van der Waals surface area contributed by atoms with E-state index in [1.165, 1.54) is 6.42 Å². The molecule has 0 heterocycles. The molecule has 2 rings (SSSR count). The van der Waals surface area contributed by atoms with Gasteiger partial charge in [-0.3, -0.25) is 11.3 Å². The SMILES string of the molecule is COC1(C(NN)c2ccc(Cl)c(Cl)c2)CCCC(C)C1. The number of rotatable bonds is 4. The molecule has 0 amide bonds. The Morgan fingerprint density at radius 3 is 2.70 bits per heavy atom. The lowest BCUT2D eigenvalue weighted by atomic mass is 9.73. The van der Waals surface area contributed by atoms with Crippen LogP contribution in [0.3, 0.4) is 0 Å². The summed E-state index contributed by atoms with van der Waals surface area (Å²) in [6, 6.07) is 5.54. The Balaban J connectivity index is 2.35. The van der Waals surface area contributed by atoms with Gasteiger partial charge in [0, 0.05) is 7.11 Å². The van der Waals surface area contributed by atoms with E-state index in [0.717, 1.165) is 24.8 Å². The summed E-state index contributed by atoms with van der Waals surface area (Å²) in [5.74, 6) is 6.45. The average molecular weight is 317 g/mol. The molecule has 112 valence electrons. The summed E-state index contributed by atoms with van der Waals surface area (Å²) < 4.78 is 5.91. The molecule has 0 spiro atoms. The molecule has 20 heavy (non-hydrogen) atoms. The third-order valence-corrected chi connectivity index (χ3v) is 5.11. The van der Waals surface area contributed by atoms with E-state index in [1.807, 2.05) is 12.1 Å². The molecule has 3 atom stereocenters. The number of hydrogen-bond acceptors (Lipinski definition) is 3. The molecule has 1 aliphatic rings. The average Bonchev–Trinajstić information content (AvgIpc) is 2.43. The van der Waals surface area contributed by atoms with Gasteiger partial charge in [0.25, 0.3) is 0 Å². The minimum Gasteiger partial charge on any atom is -0.376 e. The Morgan fingerprint density at radius 2 is 2.15 bits per heavy atom. The number of nitrogens with one attached hydrogen (secondary N) is 1. The zero-order valence-corrected chi connectivity index (χ0v) is 13.5. The molecule has 3 nitrogen and oxygen atoms in total. The lowest BCUT2D eigenvalue weighted by Crippen LogP contribution is -2.50. The van der Waals surface area contributed by atoms with Crippen LogP contribution in [0.2, 0.25) is 10.0 Å². The van der Waals surface area contributed by atoms with Crippen LogP contribution in [0, 0.1) is 5.92 Å². The number of ether oxygens (including phenoxy) is 1. The molecule has 1 saturated carbocycles. The Morgan fingerprint density at radius 1 is 1.40 bits per heavy atom. The molecule has 1 fully saturated rings. The summed E-state index contributed by atoms with van der Waals surface area (Å²) in [7, 11) is 1.76. The highest BCUT2D eigenvalue weighted by Crippen LogP contribution is 2.43. The van der Waals surface area contributed by atoms with E-state index in [2.05, 4.69) is 12.3 Å². The molecular formula is C15H22Cl2N2O. The molecule has 0 aliphatic heterocycles. The highest BCUT2D eigenvalue weighted by Gasteiger charge is 2.42. The maximum Gasteiger partial charge on any atom is 0.0888 e. The van der Waals surface area contributed by atoms with Gasteiger partial charge in [-0.25, -0.2) is 0 Å². The summed E-state index contributed by atoms with van der Waals surface area (Å²) >= 11 is 12.1. The fourth-order valence-electron chi connectivity index (χ4n) is 3.35. The molecule has 1 aromatic carbocycles. The number of benzene rings is 1. The summed E-state index contributed by atoms with van der Waals surface area (Å²) in [6.45, 7) is 2.26. The van der Waals surface area contributed by atoms with Crippen LogP contribution in [0.4, 0.5) is 0 Å². The van der Waals surface area contributed by atoms with Crippen LogP contribution in [0.15, 0.2) is 18.2 Å². The molecule has 1 aliphatic carbocycles. The summed E-state index contributed by atoms with van der Waals surface area (Å²) in [6.07, 6.45) is 4.36. The first kappa shape index (κ1) is 16.1. The van der Waals surface area contributed by atoms with Crippen LogP contribution < -0.4 is 11.3 Å². The molecule has 1 aromatic rings. The third-order valence-electron chi connectivity index (χ3n) is 4.37. The predicted molar refractivity (Wildman–Crippen MR) is 83.9 cm³/mol. The van der Waals surface area contributed by atoms with Crippen molar-refractivity contribution in [1.82, 2.24) is 5.43 Å². The highest BCUT2D eigenvalue weighted by atomic mass is 35.5. The van der Waals surface area contributed by atoms with Gasteiger partial charge in [0.05, 0.1) is 21.7 Å². The van der Waals surface area contributed by atoms with E-state index in [1.54, 1.807) is 13.2 Å². The first-order valence-corrected chi connectivity index (χ1v) is 7.74. The molecule has 0 aromatic heterocycles. The Hall–Kier alpha value is -0.320. The Labute approximate surface area is 130 Å². The van der Waals surface area contributed by atoms with Gasteiger partial charge in [0.15, 0.2) is 0 Å². The molecule has 0 radical (unpaired) electrons. The van der Waals surface area contributed by atoms with Crippen LogP contribution >= 0.6 is 23.2 Å². The molecule has 0 bridgehead atoms. The summed E-state index contributed by atoms with van der Waals surface area (Å²) in [5, 5.41) is 1.09. The maximum atomic E-state index is 6.13. The summed E-state index contributed by atoms with van der Waals surface area (Å²) in [5.41, 5.74) is 3.64. The van der Waals surface area contributed by atoms with E-state index in [4.69, 9.17) is 33.8 Å². The van der Waals surface area contributed by atoms with Crippen molar-refractivity contribution in [3.05, 3.63) is 33.8 Å². The molecule has 5 heteroatoms. The number of halogens is 2. The predicted octanol–water partition coefficient (Wildman–Crippen LogP) is 4.09. The fraction of sp³-hybridized carbons (Fsp3) is 0.600. The van der Waals surface area contributed by atoms with Crippen molar-refractivity contribution in [3.63, 3.8) is 0 Å². The molecular weight excluding hydrogens is 295 g/mol. The maximum absolute atomic E-state index is 6.13. The van der Waals surface area contributed by atoms with Gasteiger partial charge in [-0.1, -0.05) is 49.0 Å². The minimum absolute atomic E-state index is 0.0926.